The van der Waals surface area contributed by atoms with E-state index in [4.69, 9.17) is 0 Å². The summed E-state index contributed by atoms with van der Waals surface area (Å²) in [4.78, 5) is 0.370. The number of nitrogens with one attached hydrogen (secondary N) is 1. The van der Waals surface area contributed by atoms with Crippen LogP contribution < -0.4 is 5.32 Å². The van der Waals surface area contributed by atoms with E-state index in [1.54, 1.807) is 12.1 Å². The third kappa shape index (κ3) is 2.34. The normalized spacial score (nSPS) is 14.8. The second-order valence-corrected chi connectivity index (χ2v) is 6.76. The molecule has 3 rings (SSSR count). The summed E-state index contributed by atoms with van der Waals surface area (Å²) in [6.07, 6.45) is 0.909. The van der Waals surface area contributed by atoms with Crippen LogP contribution in [0.5, 0.6) is 0 Å². The topological polar surface area (TPSA) is 46.2 Å². The fourth-order valence-corrected chi connectivity index (χ4v) is 3.69. The number of hydrogen-bond acceptors (Lipinski definition) is 3. The van der Waals surface area contributed by atoms with Gasteiger partial charge in [-0.05, 0) is 60.5 Å². The van der Waals surface area contributed by atoms with Gasteiger partial charge in [0.15, 0.2) is 0 Å². The van der Waals surface area contributed by atoms with Crippen molar-refractivity contribution in [2.45, 2.75) is 22.8 Å². The van der Waals surface area contributed by atoms with E-state index in [-0.39, 0.29) is 9.79 Å². The Kier molecular flexibility index (Phi) is 3.31. The fourth-order valence-electron chi connectivity index (χ4n) is 2.37. The molecule has 1 aliphatic heterocycles. The summed E-state index contributed by atoms with van der Waals surface area (Å²) in [5, 5.41) is 3.22. The summed E-state index contributed by atoms with van der Waals surface area (Å²) < 4.78 is 37.9. The lowest BCUT2D eigenvalue weighted by molar-refractivity contribution is 0.593. The Morgan fingerprint density at radius 1 is 0.950 bits per heavy atom. The molecule has 5 heteroatoms. The van der Waals surface area contributed by atoms with Gasteiger partial charge in [-0.25, -0.2) is 12.8 Å². The maximum Gasteiger partial charge on any atom is 0.206 e. The first-order chi connectivity index (χ1) is 9.57. The van der Waals surface area contributed by atoms with Crippen molar-refractivity contribution in [1.29, 1.82) is 0 Å². The first-order valence-electron chi connectivity index (χ1n) is 6.40. The summed E-state index contributed by atoms with van der Waals surface area (Å²) in [6.45, 7) is 1.60. The van der Waals surface area contributed by atoms with Gasteiger partial charge in [-0.15, -0.1) is 0 Å². The molecule has 104 valence electrons. The highest BCUT2D eigenvalue weighted by Gasteiger charge is 2.19. The second-order valence-electron chi connectivity index (χ2n) is 4.81. The van der Waals surface area contributed by atoms with Gasteiger partial charge in [0.05, 0.1) is 9.79 Å². The van der Waals surface area contributed by atoms with E-state index in [1.165, 1.54) is 17.7 Å². The number of hydrogen-bond donors (Lipinski definition) is 1. The Bertz CT molecular complexity index is 739. The number of sulfone groups is 1. The number of benzene rings is 2. The highest BCUT2D eigenvalue weighted by molar-refractivity contribution is 7.91. The Labute approximate surface area is 117 Å². The van der Waals surface area contributed by atoms with Gasteiger partial charge in [0.1, 0.15) is 5.82 Å². The summed E-state index contributed by atoms with van der Waals surface area (Å²) >= 11 is 0. The zero-order valence-corrected chi connectivity index (χ0v) is 11.6. The Balaban J connectivity index is 2.05. The number of fused-ring (bicyclic) bond motifs is 1. The van der Waals surface area contributed by atoms with Crippen LogP contribution in [0.3, 0.4) is 0 Å². The second kappa shape index (κ2) is 5.00. The molecule has 1 N–H and O–H groups in total. The average Bonchev–Trinajstić information content (AvgIpc) is 2.47. The quantitative estimate of drug-likeness (QED) is 0.864. The van der Waals surface area contributed by atoms with E-state index in [0.717, 1.165) is 30.7 Å². The van der Waals surface area contributed by atoms with Gasteiger partial charge in [0.2, 0.25) is 9.84 Å². The van der Waals surface area contributed by atoms with Crippen LogP contribution in [0.15, 0.2) is 52.3 Å². The molecule has 0 fully saturated rings. The molecule has 1 aliphatic rings. The molecule has 20 heavy (non-hydrogen) atoms. The van der Waals surface area contributed by atoms with Gasteiger partial charge in [-0.1, -0.05) is 6.07 Å². The fraction of sp³-hybridized carbons (Fsp3) is 0.200. The van der Waals surface area contributed by atoms with Gasteiger partial charge in [-0.2, -0.15) is 0 Å². The molecule has 0 unspecified atom stereocenters. The third-order valence-corrected chi connectivity index (χ3v) is 5.27. The Hall–Kier alpha value is -1.72. The van der Waals surface area contributed by atoms with Crippen molar-refractivity contribution in [3.05, 3.63) is 59.4 Å². The van der Waals surface area contributed by atoms with E-state index in [0.29, 0.717) is 6.54 Å². The summed E-state index contributed by atoms with van der Waals surface area (Å²) in [6, 6.07) is 10.1. The zero-order chi connectivity index (χ0) is 14.2. The highest BCUT2D eigenvalue weighted by Crippen LogP contribution is 2.24. The third-order valence-electron chi connectivity index (χ3n) is 3.50. The van der Waals surface area contributed by atoms with E-state index in [9.17, 15) is 12.8 Å². The molecule has 0 aliphatic carbocycles. The van der Waals surface area contributed by atoms with Crippen LogP contribution in [-0.4, -0.2) is 15.0 Å². The van der Waals surface area contributed by atoms with Gasteiger partial charge in [0.25, 0.3) is 0 Å². The molecule has 0 saturated carbocycles. The van der Waals surface area contributed by atoms with Crippen LogP contribution in [0, 0.1) is 5.82 Å². The van der Waals surface area contributed by atoms with Gasteiger partial charge >= 0.3 is 0 Å². The highest BCUT2D eigenvalue weighted by atomic mass is 32.2. The molecule has 0 saturated heterocycles. The van der Waals surface area contributed by atoms with Crippen LogP contribution in [0.4, 0.5) is 4.39 Å². The molecule has 0 spiro atoms. The SMILES string of the molecule is O=S(=O)(c1ccc(F)cc1)c1ccc2c(c1)CNCC2. The zero-order valence-electron chi connectivity index (χ0n) is 10.8. The average molecular weight is 291 g/mol. The summed E-state index contributed by atoms with van der Waals surface area (Å²) in [5.41, 5.74) is 2.20. The van der Waals surface area contributed by atoms with Crippen molar-refractivity contribution < 1.29 is 12.8 Å². The maximum atomic E-state index is 12.9. The van der Waals surface area contributed by atoms with Crippen LogP contribution in [-0.2, 0) is 22.8 Å². The largest absolute Gasteiger partial charge is 0.312 e. The summed E-state index contributed by atoms with van der Waals surface area (Å²) in [5.74, 6) is -0.446. The standard InChI is InChI=1S/C15H14FNO2S/c16-13-2-5-14(6-3-13)20(18,19)15-4-1-11-7-8-17-10-12(11)9-15/h1-6,9,17H,7-8,10H2. The van der Waals surface area contributed by atoms with Crippen molar-refractivity contribution >= 4 is 9.84 Å². The first kappa shape index (κ1) is 13.3. The number of halogens is 1. The maximum absolute atomic E-state index is 12.9. The lowest BCUT2D eigenvalue weighted by atomic mass is 10.0. The molecule has 0 atom stereocenters. The van der Waals surface area contributed by atoms with E-state index in [2.05, 4.69) is 5.32 Å². The van der Waals surface area contributed by atoms with Crippen molar-refractivity contribution in [3.8, 4) is 0 Å². The van der Waals surface area contributed by atoms with Crippen molar-refractivity contribution in [2.24, 2.45) is 0 Å². The van der Waals surface area contributed by atoms with Gasteiger partial charge < -0.3 is 5.32 Å². The lowest BCUT2D eigenvalue weighted by Crippen LogP contribution is -2.23. The minimum Gasteiger partial charge on any atom is -0.312 e. The van der Waals surface area contributed by atoms with Gasteiger partial charge in [0, 0.05) is 6.54 Å². The minimum atomic E-state index is -3.58. The molecule has 2 aromatic carbocycles. The monoisotopic (exact) mass is 291 g/mol. The van der Waals surface area contributed by atoms with Crippen LogP contribution in [0.25, 0.3) is 0 Å². The first-order valence-corrected chi connectivity index (χ1v) is 7.89. The molecule has 0 radical (unpaired) electrons. The van der Waals surface area contributed by atoms with Crippen molar-refractivity contribution in [1.82, 2.24) is 5.32 Å². The van der Waals surface area contributed by atoms with E-state index >= 15 is 0 Å². The molecular formula is C15H14FNO2S. The van der Waals surface area contributed by atoms with Crippen LogP contribution in [0.1, 0.15) is 11.1 Å². The van der Waals surface area contributed by atoms with Crippen molar-refractivity contribution in [3.63, 3.8) is 0 Å². The smallest absolute Gasteiger partial charge is 0.206 e. The van der Waals surface area contributed by atoms with Crippen LogP contribution >= 0.6 is 0 Å². The van der Waals surface area contributed by atoms with Crippen LogP contribution in [0.2, 0.25) is 0 Å². The van der Waals surface area contributed by atoms with E-state index < -0.39 is 15.7 Å². The molecule has 1 heterocycles. The Morgan fingerprint density at radius 2 is 1.65 bits per heavy atom. The Morgan fingerprint density at radius 3 is 2.40 bits per heavy atom. The number of rotatable bonds is 2. The molecular weight excluding hydrogens is 277 g/mol. The summed E-state index contributed by atoms with van der Waals surface area (Å²) in [7, 11) is -3.58. The van der Waals surface area contributed by atoms with Gasteiger partial charge in [-0.3, -0.25) is 0 Å². The lowest BCUT2D eigenvalue weighted by Gasteiger charge is -2.17. The molecule has 3 nitrogen and oxygen atoms in total. The molecule has 0 bridgehead atoms. The predicted octanol–water partition coefficient (Wildman–Crippen LogP) is 2.30. The molecule has 0 aromatic heterocycles. The molecule has 2 aromatic rings. The molecule has 0 amide bonds. The van der Waals surface area contributed by atoms with Crippen molar-refractivity contribution in [2.75, 3.05) is 6.54 Å². The predicted molar refractivity (Wildman–Crippen MR) is 73.7 cm³/mol. The minimum absolute atomic E-state index is 0.114. The van der Waals surface area contributed by atoms with E-state index in [1.807, 2.05) is 6.07 Å².